The van der Waals surface area contributed by atoms with Crippen molar-refractivity contribution in [1.82, 2.24) is 0 Å². The predicted octanol–water partition coefficient (Wildman–Crippen LogP) is 4.10. The van der Waals surface area contributed by atoms with Crippen LogP contribution in [-0.2, 0) is 10.0 Å². The summed E-state index contributed by atoms with van der Waals surface area (Å²) >= 11 is 9.22. The van der Waals surface area contributed by atoms with E-state index in [4.69, 9.17) is 21.5 Å². The van der Waals surface area contributed by atoms with Crippen LogP contribution in [0.15, 0.2) is 21.5 Å². The van der Waals surface area contributed by atoms with Gasteiger partial charge in [-0.25, -0.2) is 13.6 Å². The zero-order valence-electron chi connectivity index (χ0n) is 11.4. The highest BCUT2D eigenvalue weighted by molar-refractivity contribution is 9.10. The van der Waals surface area contributed by atoms with Crippen LogP contribution in [0.1, 0.15) is 39.0 Å². The first-order chi connectivity index (χ1) is 9.36. The Kier molecular flexibility index (Phi) is 7.29. The van der Waals surface area contributed by atoms with Crippen molar-refractivity contribution in [3.05, 3.63) is 21.6 Å². The van der Waals surface area contributed by atoms with E-state index in [1.807, 2.05) is 0 Å². The molecular weight excluding hydrogens is 366 g/mol. The number of halogens is 2. The van der Waals surface area contributed by atoms with Crippen molar-refractivity contribution in [1.29, 1.82) is 0 Å². The van der Waals surface area contributed by atoms with Gasteiger partial charge < -0.3 is 4.74 Å². The van der Waals surface area contributed by atoms with Crippen molar-refractivity contribution in [3.8, 4) is 5.75 Å². The molecule has 1 aromatic carbocycles. The number of unbranched alkanes of at least 4 members (excludes halogenated alkanes) is 4. The number of rotatable bonds is 8. The molecule has 0 saturated carbocycles. The highest BCUT2D eigenvalue weighted by Gasteiger charge is 2.19. The van der Waals surface area contributed by atoms with E-state index < -0.39 is 10.0 Å². The predicted molar refractivity (Wildman–Crippen MR) is 84.8 cm³/mol. The molecule has 0 heterocycles. The number of sulfonamides is 1. The summed E-state index contributed by atoms with van der Waals surface area (Å²) in [6.45, 7) is 2.57. The van der Waals surface area contributed by atoms with Crippen LogP contribution in [0, 0.1) is 0 Å². The molecule has 114 valence electrons. The van der Waals surface area contributed by atoms with Gasteiger partial charge in [-0.15, -0.1) is 0 Å². The summed E-state index contributed by atoms with van der Waals surface area (Å²) < 4.78 is 29.2. The zero-order chi connectivity index (χ0) is 15.2. The van der Waals surface area contributed by atoms with Gasteiger partial charge in [-0.2, -0.15) is 0 Å². The largest absolute Gasteiger partial charge is 0.491 e. The minimum Gasteiger partial charge on any atom is -0.491 e. The van der Waals surface area contributed by atoms with E-state index >= 15 is 0 Å². The Hall–Kier alpha value is -0.300. The van der Waals surface area contributed by atoms with Crippen LogP contribution in [0.5, 0.6) is 5.75 Å². The van der Waals surface area contributed by atoms with Gasteiger partial charge in [0.1, 0.15) is 4.90 Å². The topological polar surface area (TPSA) is 69.4 Å². The first-order valence-electron chi connectivity index (χ1n) is 6.51. The molecule has 4 nitrogen and oxygen atoms in total. The lowest BCUT2D eigenvalue weighted by Gasteiger charge is -2.12. The Bertz CT molecular complexity index is 549. The summed E-state index contributed by atoms with van der Waals surface area (Å²) in [6.07, 6.45) is 5.43. The molecular formula is C13H19BrClNO3S. The van der Waals surface area contributed by atoms with Gasteiger partial charge in [0.15, 0.2) is 5.75 Å². The third-order valence-electron chi connectivity index (χ3n) is 2.78. The van der Waals surface area contributed by atoms with Crippen LogP contribution in [0.25, 0.3) is 0 Å². The minimum atomic E-state index is -3.87. The Morgan fingerprint density at radius 1 is 1.25 bits per heavy atom. The first kappa shape index (κ1) is 17.8. The van der Waals surface area contributed by atoms with Gasteiger partial charge in [-0.3, -0.25) is 0 Å². The van der Waals surface area contributed by atoms with Gasteiger partial charge in [0.2, 0.25) is 10.0 Å². The lowest BCUT2D eigenvalue weighted by atomic mass is 10.2. The normalized spacial score (nSPS) is 11.6. The Morgan fingerprint density at radius 3 is 2.50 bits per heavy atom. The smallest absolute Gasteiger partial charge is 0.241 e. The van der Waals surface area contributed by atoms with E-state index in [1.165, 1.54) is 18.9 Å². The van der Waals surface area contributed by atoms with Gasteiger partial charge >= 0.3 is 0 Å². The monoisotopic (exact) mass is 383 g/mol. The molecule has 20 heavy (non-hydrogen) atoms. The van der Waals surface area contributed by atoms with Gasteiger partial charge in [-0.1, -0.05) is 60.1 Å². The van der Waals surface area contributed by atoms with Crippen LogP contribution < -0.4 is 9.88 Å². The summed E-state index contributed by atoms with van der Waals surface area (Å²) in [4.78, 5) is -0.0922. The third kappa shape index (κ3) is 5.60. The van der Waals surface area contributed by atoms with E-state index in [0.717, 1.165) is 19.3 Å². The quantitative estimate of drug-likeness (QED) is 0.686. The van der Waals surface area contributed by atoms with E-state index in [1.54, 1.807) is 6.07 Å². The average molecular weight is 385 g/mol. The molecule has 0 spiro atoms. The van der Waals surface area contributed by atoms with Crippen molar-refractivity contribution in [2.75, 3.05) is 6.61 Å². The molecule has 0 amide bonds. The van der Waals surface area contributed by atoms with Crippen LogP contribution in [0.2, 0.25) is 5.02 Å². The second-order valence-electron chi connectivity index (χ2n) is 4.52. The number of hydrogen-bond donors (Lipinski definition) is 1. The summed E-state index contributed by atoms with van der Waals surface area (Å²) in [5, 5.41) is 5.41. The molecule has 1 aromatic rings. The number of nitrogens with two attached hydrogens (primary N) is 1. The molecule has 7 heteroatoms. The molecule has 0 bridgehead atoms. The maximum absolute atomic E-state index is 11.6. The highest BCUT2D eigenvalue weighted by atomic mass is 79.9. The maximum Gasteiger partial charge on any atom is 0.241 e. The Morgan fingerprint density at radius 2 is 1.90 bits per heavy atom. The molecule has 0 unspecified atom stereocenters. The second-order valence-corrected chi connectivity index (χ2v) is 7.38. The number of primary sulfonamides is 1. The van der Waals surface area contributed by atoms with E-state index in [0.29, 0.717) is 11.1 Å². The van der Waals surface area contributed by atoms with Gasteiger partial charge in [-0.05, 0) is 18.6 Å². The van der Waals surface area contributed by atoms with E-state index in [-0.39, 0.29) is 15.7 Å². The zero-order valence-corrected chi connectivity index (χ0v) is 14.5. The van der Waals surface area contributed by atoms with Crippen LogP contribution in [0.3, 0.4) is 0 Å². The molecule has 0 aromatic heterocycles. The van der Waals surface area contributed by atoms with Crippen molar-refractivity contribution in [3.63, 3.8) is 0 Å². The van der Waals surface area contributed by atoms with E-state index in [9.17, 15) is 8.42 Å². The fourth-order valence-electron chi connectivity index (χ4n) is 1.77. The van der Waals surface area contributed by atoms with Crippen molar-refractivity contribution < 1.29 is 13.2 Å². The lowest BCUT2D eigenvalue weighted by molar-refractivity contribution is 0.297. The van der Waals surface area contributed by atoms with Gasteiger partial charge in [0.25, 0.3) is 0 Å². The van der Waals surface area contributed by atoms with Crippen molar-refractivity contribution in [2.24, 2.45) is 5.14 Å². The standard InChI is InChI=1S/C13H19BrClNO3S/c1-2-3-4-5-6-7-19-13-11(15)8-10(14)9-12(13)20(16,17)18/h8-9H,2-7H2,1H3,(H2,16,17,18). The van der Waals surface area contributed by atoms with Gasteiger partial charge in [0, 0.05) is 4.47 Å². The Labute approximate surface area is 133 Å². The molecule has 0 aliphatic rings. The van der Waals surface area contributed by atoms with Crippen LogP contribution >= 0.6 is 27.5 Å². The fraction of sp³-hybridized carbons (Fsp3) is 0.538. The van der Waals surface area contributed by atoms with Gasteiger partial charge in [0.05, 0.1) is 11.6 Å². The van der Waals surface area contributed by atoms with Crippen molar-refractivity contribution >= 4 is 37.6 Å². The molecule has 0 atom stereocenters. The number of benzene rings is 1. The molecule has 0 aliphatic heterocycles. The summed E-state index contributed by atoms with van der Waals surface area (Å²) in [7, 11) is -3.87. The van der Waals surface area contributed by atoms with E-state index in [2.05, 4.69) is 22.9 Å². The third-order valence-corrected chi connectivity index (χ3v) is 4.43. The molecule has 0 saturated heterocycles. The summed E-state index contributed by atoms with van der Waals surface area (Å²) in [5.74, 6) is 0.132. The second kappa shape index (κ2) is 8.22. The highest BCUT2D eigenvalue weighted by Crippen LogP contribution is 2.35. The lowest BCUT2D eigenvalue weighted by Crippen LogP contribution is -2.14. The summed E-state index contributed by atoms with van der Waals surface area (Å²) in [5.41, 5.74) is 0. The molecule has 0 radical (unpaired) electrons. The number of hydrogen-bond acceptors (Lipinski definition) is 3. The molecule has 0 aliphatic carbocycles. The Balaban J connectivity index is 2.74. The fourth-order valence-corrected chi connectivity index (χ4v) is 3.56. The molecule has 0 fully saturated rings. The SMILES string of the molecule is CCCCCCCOc1c(Cl)cc(Br)cc1S(N)(=O)=O. The summed E-state index contributed by atoms with van der Waals surface area (Å²) in [6, 6.07) is 2.98. The number of ether oxygens (including phenoxy) is 1. The molecule has 1 rings (SSSR count). The first-order valence-corrected chi connectivity index (χ1v) is 9.22. The minimum absolute atomic E-state index is 0.0922. The van der Waals surface area contributed by atoms with Crippen LogP contribution in [0.4, 0.5) is 0 Å². The van der Waals surface area contributed by atoms with Crippen molar-refractivity contribution in [2.45, 2.75) is 43.9 Å². The van der Waals surface area contributed by atoms with Crippen LogP contribution in [-0.4, -0.2) is 15.0 Å². The molecule has 2 N–H and O–H groups in total. The maximum atomic E-state index is 11.6. The average Bonchev–Trinajstić information content (AvgIpc) is 2.34.